The monoisotopic (exact) mass is 345 g/mol. The average molecular weight is 346 g/mol. The summed E-state index contributed by atoms with van der Waals surface area (Å²) in [5.74, 6) is 0. The number of hydrogen-bond acceptors (Lipinski definition) is 3. The van der Waals surface area contributed by atoms with Gasteiger partial charge in [0.05, 0.1) is 6.26 Å². The molecule has 0 saturated carbocycles. The Morgan fingerprint density at radius 3 is 2.55 bits per heavy atom. The molecule has 1 fully saturated rings. The molecule has 0 aromatic heterocycles. The van der Waals surface area contributed by atoms with Gasteiger partial charge in [-0.1, -0.05) is 17.7 Å². The van der Waals surface area contributed by atoms with Crippen molar-refractivity contribution < 1.29 is 13.2 Å². The molecule has 0 spiro atoms. The summed E-state index contributed by atoms with van der Waals surface area (Å²) >= 11 is 6.01. The highest BCUT2D eigenvalue weighted by molar-refractivity contribution is 7.88. The second-order valence-electron chi connectivity index (χ2n) is 5.45. The van der Waals surface area contributed by atoms with Crippen molar-refractivity contribution in [2.45, 2.75) is 25.8 Å². The van der Waals surface area contributed by atoms with Crippen LogP contribution in [0.1, 0.15) is 18.4 Å². The minimum atomic E-state index is -3.15. The SMILES string of the molecule is Cc1c(Cl)cccc1NC(=O)NC1CCN(S(C)(=O)=O)CC1. The Morgan fingerprint density at radius 2 is 1.95 bits per heavy atom. The lowest BCUT2D eigenvalue weighted by Crippen LogP contribution is -2.47. The van der Waals surface area contributed by atoms with Gasteiger partial charge in [0.25, 0.3) is 0 Å². The summed E-state index contributed by atoms with van der Waals surface area (Å²) in [4.78, 5) is 12.0. The lowest BCUT2D eigenvalue weighted by Gasteiger charge is -2.30. The van der Waals surface area contributed by atoms with Crippen LogP contribution in [0.25, 0.3) is 0 Å². The van der Waals surface area contributed by atoms with E-state index in [0.717, 1.165) is 5.56 Å². The van der Waals surface area contributed by atoms with E-state index in [4.69, 9.17) is 11.6 Å². The number of carbonyl (C=O) groups is 1. The highest BCUT2D eigenvalue weighted by Crippen LogP contribution is 2.23. The third-order valence-electron chi connectivity index (χ3n) is 3.77. The Balaban J connectivity index is 1.87. The highest BCUT2D eigenvalue weighted by atomic mass is 35.5. The van der Waals surface area contributed by atoms with Crippen LogP contribution in [-0.4, -0.2) is 44.1 Å². The van der Waals surface area contributed by atoms with Gasteiger partial charge in [-0.25, -0.2) is 17.5 Å². The standard InChI is InChI=1S/C14H20ClN3O3S/c1-10-12(15)4-3-5-13(10)17-14(19)16-11-6-8-18(9-7-11)22(2,20)21/h3-5,11H,6-9H2,1-2H3,(H2,16,17,19). The molecule has 1 saturated heterocycles. The van der Waals surface area contributed by atoms with Crippen molar-refractivity contribution in [1.29, 1.82) is 0 Å². The van der Waals surface area contributed by atoms with E-state index in [1.165, 1.54) is 10.6 Å². The molecule has 1 aromatic carbocycles. The summed E-state index contributed by atoms with van der Waals surface area (Å²) < 4.78 is 24.3. The molecule has 0 bridgehead atoms. The second-order valence-corrected chi connectivity index (χ2v) is 7.84. The summed E-state index contributed by atoms with van der Waals surface area (Å²) in [6, 6.07) is 4.99. The number of rotatable bonds is 3. The molecule has 1 heterocycles. The number of carbonyl (C=O) groups excluding carboxylic acids is 1. The Hall–Kier alpha value is -1.31. The quantitative estimate of drug-likeness (QED) is 0.881. The van der Waals surface area contributed by atoms with E-state index in [9.17, 15) is 13.2 Å². The highest BCUT2D eigenvalue weighted by Gasteiger charge is 2.25. The van der Waals surface area contributed by atoms with Gasteiger partial charge < -0.3 is 10.6 Å². The fourth-order valence-electron chi connectivity index (χ4n) is 2.42. The zero-order chi connectivity index (χ0) is 16.3. The number of hydrogen-bond donors (Lipinski definition) is 2. The molecule has 0 aliphatic carbocycles. The van der Waals surface area contributed by atoms with Crippen molar-refractivity contribution in [2.75, 3.05) is 24.7 Å². The van der Waals surface area contributed by atoms with Crippen molar-refractivity contribution in [3.63, 3.8) is 0 Å². The van der Waals surface area contributed by atoms with Gasteiger partial charge >= 0.3 is 6.03 Å². The van der Waals surface area contributed by atoms with E-state index in [2.05, 4.69) is 10.6 Å². The molecule has 0 atom stereocenters. The van der Waals surface area contributed by atoms with Crippen LogP contribution in [0.4, 0.5) is 10.5 Å². The fraction of sp³-hybridized carbons (Fsp3) is 0.500. The number of piperidine rings is 1. The molecule has 1 aromatic rings. The van der Waals surface area contributed by atoms with Gasteiger partial charge in [-0.2, -0.15) is 0 Å². The van der Waals surface area contributed by atoms with Crippen LogP contribution in [0, 0.1) is 6.92 Å². The molecule has 122 valence electrons. The fourth-order valence-corrected chi connectivity index (χ4v) is 3.47. The number of nitrogens with one attached hydrogen (secondary N) is 2. The number of halogens is 1. The van der Waals surface area contributed by atoms with Crippen LogP contribution >= 0.6 is 11.6 Å². The summed E-state index contributed by atoms with van der Waals surface area (Å²) in [5.41, 5.74) is 1.48. The normalized spacial score (nSPS) is 17.2. The van der Waals surface area contributed by atoms with Gasteiger partial charge in [0.1, 0.15) is 0 Å². The van der Waals surface area contributed by atoms with E-state index in [1.54, 1.807) is 18.2 Å². The third-order valence-corrected chi connectivity index (χ3v) is 5.49. The Kier molecular flexibility index (Phi) is 5.31. The number of anilines is 1. The average Bonchev–Trinajstić information content (AvgIpc) is 2.43. The molecule has 2 N–H and O–H groups in total. The first kappa shape index (κ1) is 17.1. The summed E-state index contributed by atoms with van der Waals surface area (Å²) in [6.07, 6.45) is 2.42. The minimum Gasteiger partial charge on any atom is -0.335 e. The zero-order valence-corrected chi connectivity index (χ0v) is 14.2. The molecule has 1 aliphatic heterocycles. The Labute approximate surface area is 135 Å². The van der Waals surface area contributed by atoms with Crippen LogP contribution in [0.2, 0.25) is 5.02 Å². The third kappa shape index (κ3) is 4.34. The first-order valence-corrected chi connectivity index (χ1v) is 9.28. The van der Waals surface area contributed by atoms with Crippen molar-refractivity contribution in [3.05, 3.63) is 28.8 Å². The van der Waals surface area contributed by atoms with E-state index in [0.29, 0.717) is 36.6 Å². The Bertz CT molecular complexity index is 655. The van der Waals surface area contributed by atoms with E-state index >= 15 is 0 Å². The summed E-state index contributed by atoms with van der Waals surface area (Å²) in [7, 11) is -3.15. The molecular weight excluding hydrogens is 326 g/mol. The zero-order valence-electron chi connectivity index (χ0n) is 12.6. The topological polar surface area (TPSA) is 78.5 Å². The molecule has 6 nitrogen and oxygen atoms in total. The lowest BCUT2D eigenvalue weighted by atomic mass is 10.1. The van der Waals surface area contributed by atoms with Crippen LogP contribution in [0.15, 0.2) is 18.2 Å². The maximum atomic E-state index is 12.0. The van der Waals surface area contributed by atoms with Crippen LogP contribution < -0.4 is 10.6 Å². The van der Waals surface area contributed by atoms with Crippen LogP contribution in [-0.2, 0) is 10.0 Å². The molecule has 22 heavy (non-hydrogen) atoms. The van der Waals surface area contributed by atoms with Crippen molar-refractivity contribution in [1.82, 2.24) is 9.62 Å². The van der Waals surface area contributed by atoms with Crippen molar-refractivity contribution in [3.8, 4) is 0 Å². The predicted molar refractivity (Wildman–Crippen MR) is 87.8 cm³/mol. The first-order chi connectivity index (χ1) is 10.3. The van der Waals surface area contributed by atoms with E-state index in [-0.39, 0.29) is 12.1 Å². The number of benzene rings is 1. The largest absolute Gasteiger partial charge is 0.335 e. The second kappa shape index (κ2) is 6.85. The Morgan fingerprint density at radius 1 is 1.32 bits per heavy atom. The van der Waals surface area contributed by atoms with E-state index < -0.39 is 10.0 Å². The summed E-state index contributed by atoms with van der Waals surface area (Å²) in [6.45, 7) is 2.70. The maximum absolute atomic E-state index is 12.0. The minimum absolute atomic E-state index is 0.0301. The smallest absolute Gasteiger partial charge is 0.319 e. The van der Waals surface area contributed by atoms with Crippen LogP contribution in [0.3, 0.4) is 0 Å². The van der Waals surface area contributed by atoms with Gasteiger partial charge in [-0.05, 0) is 37.5 Å². The van der Waals surface area contributed by atoms with Gasteiger partial charge in [-0.3, -0.25) is 0 Å². The number of sulfonamides is 1. The molecular formula is C14H20ClN3O3S. The van der Waals surface area contributed by atoms with Crippen molar-refractivity contribution >= 4 is 33.3 Å². The van der Waals surface area contributed by atoms with Crippen LogP contribution in [0.5, 0.6) is 0 Å². The molecule has 8 heteroatoms. The molecule has 0 radical (unpaired) electrons. The molecule has 1 aliphatic rings. The van der Waals surface area contributed by atoms with Gasteiger partial charge in [0, 0.05) is 29.8 Å². The number of urea groups is 1. The summed E-state index contributed by atoms with van der Waals surface area (Å²) in [5, 5.41) is 6.24. The van der Waals surface area contributed by atoms with Crippen molar-refractivity contribution in [2.24, 2.45) is 0 Å². The van der Waals surface area contributed by atoms with Gasteiger partial charge in [0.15, 0.2) is 0 Å². The van der Waals surface area contributed by atoms with E-state index in [1.807, 2.05) is 6.92 Å². The van der Waals surface area contributed by atoms with Gasteiger partial charge in [-0.15, -0.1) is 0 Å². The lowest BCUT2D eigenvalue weighted by molar-refractivity contribution is 0.238. The number of amides is 2. The molecule has 2 rings (SSSR count). The first-order valence-electron chi connectivity index (χ1n) is 7.05. The van der Waals surface area contributed by atoms with Gasteiger partial charge in [0.2, 0.25) is 10.0 Å². The maximum Gasteiger partial charge on any atom is 0.319 e. The molecule has 0 unspecified atom stereocenters. The predicted octanol–water partition coefficient (Wildman–Crippen LogP) is 2.19. The molecule has 2 amide bonds. The number of nitrogens with zero attached hydrogens (tertiary/aromatic N) is 1.